The van der Waals surface area contributed by atoms with Crippen LogP contribution in [-0.4, -0.2) is 38.3 Å². The van der Waals surface area contributed by atoms with Gasteiger partial charge in [0.1, 0.15) is 6.04 Å². The second-order valence-corrected chi connectivity index (χ2v) is 5.50. The molecule has 1 aliphatic heterocycles. The first kappa shape index (κ1) is 16.4. The van der Waals surface area contributed by atoms with Crippen LogP contribution in [0, 0.1) is 0 Å². The Morgan fingerprint density at radius 1 is 1.57 bits per heavy atom. The van der Waals surface area contributed by atoms with Gasteiger partial charge in [-0.25, -0.2) is 0 Å². The van der Waals surface area contributed by atoms with Crippen LogP contribution in [0.5, 0.6) is 5.75 Å². The number of amides is 1. The van der Waals surface area contributed by atoms with Crippen LogP contribution in [0.2, 0.25) is 5.02 Å². The van der Waals surface area contributed by atoms with Crippen molar-refractivity contribution in [3.63, 3.8) is 0 Å². The number of hydrogen-bond acceptors (Lipinski definition) is 4. The van der Waals surface area contributed by atoms with Gasteiger partial charge in [0.2, 0.25) is 5.91 Å². The van der Waals surface area contributed by atoms with Gasteiger partial charge in [0.15, 0.2) is 5.75 Å². The normalized spacial score (nSPS) is 18.6. The molecule has 1 aliphatic rings. The van der Waals surface area contributed by atoms with Crippen molar-refractivity contribution >= 4 is 39.1 Å². The first-order chi connectivity index (χ1) is 9.97. The van der Waals surface area contributed by atoms with Gasteiger partial charge in [-0.1, -0.05) is 11.6 Å². The number of morpholine rings is 1. The van der Waals surface area contributed by atoms with Crippen molar-refractivity contribution in [1.29, 1.82) is 0 Å². The predicted octanol–water partition coefficient (Wildman–Crippen LogP) is 2.63. The molecule has 0 radical (unpaired) electrons. The van der Waals surface area contributed by atoms with Crippen molar-refractivity contribution in [2.24, 2.45) is 0 Å². The van der Waals surface area contributed by atoms with Gasteiger partial charge in [-0.05, 0) is 28.1 Å². The maximum atomic E-state index is 12.5. The van der Waals surface area contributed by atoms with Crippen LogP contribution in [0.4, 0.5) is 14.5 Å². The van der Waals surface area contributed by atoms with Gasteiger partial charge in [0, 0.05) is 11.6 Å². The minimum absolute atomic E-state index is 0.0621. The van der Waals surface area contributed by atoms with E-state index in [-0.39, 0.29) is 27.5 Å². The highest BCUT2D eigenvalue weighted by Gasteiger charge is 2.23. The molecule has 2 rings (SSSR count). The van der Waals surface area contributed by atoms with Gasteiger partial charge in [0.25, 0.3) is 0 Å². The van der Waals surface area contributed by atoms with E-state index in [4.69, 9.17) is 16.3 Å². The smallest absolute Gasteiger partial charge is 0.387 e. The summed E-state index contributed by atoms with van der Waals surface area (Å²) in [6.45, 7) is -1.75. The Morgan fingerprint density at radius 3 is 2.95 bits per heavy atom. The van der Waals surface area contributed by atoms with Crippen LogP contribution in [0.3, 0.4) is 0 Å². The largest absolute Gasteiger partial charge is 0.431 e. The number of carbonyl (C=O) groups excluding carboxylic acids is 1. The number of ether oxygens (including phenoxy) is 2. The van der Waals surface area contributed by atoms with E-state index in [2.05, 4.69) is 31.3 Å². The lowest BCUT2D eigenvalue weighted by Gasteiger charge is -2.23. The Bertz CT molecular complexity index is 527. The molecule has 1 saturated heterocycles. The minimum atomic E-state index is -3.02. The number of nitrogens with one attached hydrogen (secondary N) is 2. The van der Waals surface area contributed by atoms with Crippen LogP contribution in [-0.2, 0) is 9.53 Å². The first-order valence-corrected chi connectivity index (χ1v) is 7.20. The van der Waals surface area contributed by atoms with Crippen molar-refractivity contribution in [3.05, 3.63) is 21.6 Å². The van der Waals surface area contributed by atoms with Gasteiger partial charge in [0.05, 0.1) is 23.4 Å². The highest BCUT2D eigenvalue weighted by atomic mass is 79.9. The number of benzene rings is 1. The quantitative estimate of drug-likeness (QED) is 0.836. The molecule has 2 N–H and O–H groups in total. The maximum absolute atomic E-state index is 12.5. The lowest BCUT2D eigenvalue weighted by molar-refractivity contribution is -0.120. The van der Waals surface area contributed by atoms with E-state index in [1.165, 1.54) is 12.1 Å². The average Bonchev–Trinajstić information content (AvgIpc) is 2.43. The fourth-order valence-electron chi connectivity index (χ4n) is 1.82. The molecule has 0 spiro atoms. The summed E-state index contributed by atoms with van der Waals surface area (Å²) in [4.78, 5) is 12.1. The summed E-state index contributed by atoms with van der Waals surface area (Å²) >= 11 is 8.94. The van der Waals surface area contributed by atoms with Crippen molar-refractivity contribution < 1.29 is 23.0 Å². The molecule has 1 heterocycles. The molecule has 0 bridgehead atoms. The lowest BCUT2D eigenvalue weighted by atomic mass is 10.2. The van der Waals surface area contributed by atoms with Crippen molar-refractivity contribution in [3.8, 4) is 5.75 Å². The SMILES string of the molecule is O=C(Nc1cc(Cl)cc(Br)c1OC(F)F)C1COCCN1. The number of anilines is 1. The molecule has 21 heavy (non-hydrogen) atoms. The monoisotopic (exact) mass is 384 g/mol. The highest BCUT2D eigenvalue weighted by molar-refractivity contribution is 9.10. The Hall–Kier alpha value is -0.960. The van der Waals surface area contributed by atoms with E-state index in [1.54, 1.807) is 0 Å². The van der Waals surface area contributed by atoms with Crippen LogP contribution in [0.25, 0.3) is 0 Å². The summed E-state index contributed by atoms with van der Waals surface area (Å²) in [5, 5.41) is 5.74. The minimum Gasteiger partial charge on any atom is -0.431 e. The van der Waals surface area contributed by atoms with Crippen LogP contribution in [0.1, 0.15) is 0 Å². The molecule has 1 amide bonds. The average molecular weight is 386 g/mol. The fourth-order valence-corrected chi connectivity index (χ4v) is 2.72. The Kier molecular flexibility index (Phi) is 5.74. The zero-order chi connectivity index (χ0) is 15.4. The summed E-state index contributed by atoms with van der Waals surface area (Å²) in [6, 6.07) is 2.18. The molecule has 9 heteroatoms. The predicted molar refractivity (Wildman–Crippen MR) is 77.0 cm³/mol. The number of carbonyl (C=O) groups is 1. The van der Waals surface area contributed by atoms with Crippen LogP contribution < -0.4 is 15.4 Å². The van der Waals surface area contributed by atoms with Crippen molar-refractivity contribution in [2.45, 2.75) is 12.7 Å². The molecule has 1 unspecified atom stereocenters. The van der Waals surface area contributed by atoms with Gasteiger partial charge in [-0.2, -0.15) is 8.78 Å². The topological polar surface area (TPSA) is 59.6 Å². The van der Waals surface area contributed by atoms with Crippen molar-refractivity contribution in [2.75, 3.05) is 25.1 Å². The Labute approximate surface area is 133 Å². The van der Waals surface area contributed by atoms with Crippen LogP contribution >= 0.6 is 27.5 Å². The molecule has 1 aromatic carbocycles. The summed E-state index contributed by atoms with van der Waals surface area (Å²) in [5.74, 6) is -0.595. The Balaban J connectivity index is 2.19. The molecule has 116 valence electrons. The molecule has 0 aliphatic carbocycles. The lowest BCUT2D eigenvalue weighted by Crippen LogP contribution is -2.48. The van der Waals surface area contributed by atoms with Crippen LogP contribution in [0.15, 0.2) is 16.6 Å². The van der Waals surface area contributed by atoms with Gasteiger partial charge < -0.3 is 20.1 Å². The number of rotatable bonds is 4. The summed E-state index contributed by atoms with van der Waals surface area (Å²) in [5.41, 5.74) is 0.0621. The molecule has 1 aromatic rings. The summed E-state index contributed by atoms with van der Waals surface area (Å²) in [6.07, 6.45) is 0. The van der Waals surface area contributed by atoms with E-state index < -0.39 is 18.6 Å². The Morgan fingerprint density at radius 2 is 2.33 bits per heavy atom. The second-order valence-electron chi connectivity index (χ2n) is 4.21. The third-order valence-corrected chi connectivity index (χ3v) is 3.52. The van der Waals surface area contributed by atoms with Crippen molar-refractivity contribution in [1.82, 2.24) is 5.32 Å². The zero-order valence-electron chi connectivity index (χ0n) is 10.7. The first-order valence-electron chi connectivity index (χ1n) is 6.03. The van der Waals surface area contributed by atoms with Gasteiger partial charge in [-0.15, -0.1) is 0 Å². The number of halogens is 4. The number of alkyl halides is 2. The molecule has 1 atom stereocenters. The molecule has 0 aromatic heterocycles. The summed E-state index contributed by atoms with van der Waals surface area (Å²) in [7, 11) is 0. The van der Waals surface area contributed by atoms with E-state index >= 15 is 0 Å². The van der Waals surface area contributed by atoms with E-state index in [9.17, 15) is 13.6 Å². The molecular weight excluding hydrogens is 373 g/mol. The zero-order valence-corrected chi connectivity index (χ0v) is 13.0. The molecule has 1 fully saturated rings. The highest BCUT2D eigenvalue weighted by Crippen LogP contribution is 2.37. The van der Waals surface area contributed by atoms with E-state index in [0.29, 0.717) is 13.2 Å². The third kappa shape index (κ3) is 4.50. The maximum Gasteiger partial charge on any atom is 0.387 e. The number of hydrogen-bond donors (Lipinski definition) is 2. The third-order valence-electron chi connectivity index (χ3n) is 2.71. The second kappa shape index (κ2) is 7.35. The van der Waals surface area contributed by atoms with Gasteiger partial charge in [-0.3, -0.25) is 4.79 Å². The van der Waals surface area contributed by atoms with E-state index in [0.717, 1.165) is 0 Å². The fraction of sp³-hybridized carbons (Fsp3) is 0.417. The molecular formula is C12H12BrClF2N2O3. The molecule has 5 nitrogen and oxygen atoms in total. The van der Waals surface area contributed by atoms with Gasteiger partial charge >= 0.3 is 6.61 Å². The molecule has 0 saturated carbocycles. The standard InChI is InChI=1S/C12H12BrClF2N2O3/c13-7-3-6(14)4-8(10(7)21-12(15)16)18-11(19)9-5-20-2-1-17-9/h3-4,9,12,17H,1-2,5H2,(H,18,19). The van der Waals surface area contributed by atoms with E-state index in [1.807, 2.05) is 0 Å². The summed E-state index contributed by atoms with van der Waals surface area (Å²) < 4.78 is 34.7.